The molecule has 0 heterocycles. The van der Waals surface area contributed by atoms with Crippen LogP contribution < -0.4 is 4.90 Å². The van der Waals surface area contributed by atoms with Crippen molar-refractivity contribution in [1.82, 2.24) is 0 Å². The van der Waals surface area contributed by atoms with Gasteiger partial charge in [0.1, 0.15) is 0 Å². The van der Waals surface area contributed by atoms with E-state index in [9.17, 15) is 0 Å². The summed E-state index contributed by atoms with van der Waals surface area (Å²) in [6, 6.07) is 15.6. The molecule has 1 aliphatic carbocycles. The van der Waals surface area contributed by atoms with Gasteiger partial charge < -0.3 is 4.90 Å². The molecule has 0 aromatic heterocycles. The zero-order valence-electron chi connectivity index (χ0n) is 24.3. The molecule has 194 valence electrons. The Kier molecular flexibility index (Phi) is 8.38. The van der Waals surface area contributed by atoms with E-state index in [0.29, 0.717) is 5.92 Å². The van der Waals surface area contributed by atoms with Crippen LogP contribution >= 0.6 is 0 Å². The maximum atomic E-state index is 4.22. The Morgan fingerprint density at radius 2 is 1.46 bits per heavy atom. The third-order valence-corrected chi connectivity index (χ3v) is 8.23. The number of hydrogen-bond donors (Lipinski definition) is 0. The number of para-hydroxylation sites is 1. The molecule has 2 aromatic carbocycles. The van der Waals surface area contributed by atoms with Crippen LogP contribution in [0.25, 0.3) is 0 Å². The summed E-state index contributed by atoms with van der Waals surface area (Å²) in [6.07, 6.45) is 11.4. The summed E-state index contributed by atoms with van der Waals surface area (Å²) in [5.74, 6) is 0.387. The molecular weight excluding hydrogens is 446 g/mol. The normalized spacial score (nSPS) is 17.6. The topological polar surface area (TPSA) is 3.24 Å². The van der Waals surface area contributed by atoms with Gasteiger partial charge in [-0.15, -0.1) is 0 Å². The highest BCUT2D eigenvalue weighted by atomic mass is 15.2. The van der Waals surface area contributed by atoms with E-state index < -0.39 is 0 Å². The lowest BCUT2D eigenvalue weighted by atomic mass is 9.59. The molecule has 0 saturated carbocycles. The zero-order valence-corrected chi connectivity index (χ0v) is 24.3. The summed E-state index contributed by atoms with van der Waals surface area (Å²) >= 11 is 0. The van der Waals surface area contributed by atoms with Crippen LogP contribution in [0, 0.1) is 0 Å². The predicted octanol–water partition coefficient (Wildman–Crippen LogP) is 10.6. The van der Waals surface area contributed by atoms with Crippen LogP contribution in [0.2, 0.25) is 0 Å². The summed E-state index contributed by atoms with van der Waals surface area (Å²) in [5, 5.41) is 0. The van der Waals surface area contributed by atoms with E-state index in [1.807, 2.05) is 18.2 Å². The van der Waals surface area contributed by atoms with Crippen LogP contribution in [0.1, 0.15) is 84.4 Å². The Morgan fingerprint density at radius 3 is 1.92 bits per heavy atom. The van der Waals surface area contributed by atoms with Crippen molar-refractivity contribution in [3.8, 4) is 0 Å². The van der Waals surface area contributed by atoms with Crippen LogP contribution in [-0.2, 0) is 10.8 Å². The maximum absolute atomic E-state index is 4.22. The first kappa shape index (κ1) is 28.3. The molecule has 0 amide bonds. The van der Waals surface area contributed by atoms with E-state index in [2.05, 4.69) is 135 Å². The monoisotopic (exact) mass is 491 g/mol. The molecule has 3 rings (SSSR count). The van der Waals surface area contributed by atoms with Crippen molar-refractivity contribution in [2.45, 2.75) is 78.6 Å². The number of benzene rings is 2. The van der Waals surface area contributed by atoms with E-state index in [-0.39, 0.29) is 10.8 Å². The largest absolute Gasteiger partial charge is 0.310 e. The Morgan fingerprint density at radius 1 is 0.919 bits per heavy atom. The Balaban J connectivity index is 2.54. The molecule has 0 fully saturated rings. The van der Waals surface area contributed by atoms with Gasteiger partial charge >= 0.3 is 0 Å². The van der Waals surface area contributed by atoms with Crippen LogP contribution in [0.15, 0.2) is 115 Å². The number of nitrogens with zero attached hydrogens (tertiary/aromatic N) is 1. The van der Waals surface area contributed by atoms with Crippen molar-refractivity contribution in [2.75, 3.05) is 4.90 Å². The van der Waals surface area contributed by atoms with Gasteiger partial charge in [-0.1, -0.05) is 110 Å². The highest BCUT2D eigenvalue weighted by Crippen LogP contribution is 2.53. The zero-order chi connectivity index (χ0) is 27.5. The SMILES string of the molecule is C=CC1=C(C=C)C(C)(C)c2cc(N(C(/C=C\C)=C(\C)C=C)c3ccccc3)c(C(C)CC)cc2C1(C)C. The number of hydrogen-bond acceptors (Lipinski definition) is 1. The standard InChI is InChI=1S/C36H45N/c1-12-20-33(26(7)14-3)37(27-21-18-17-19-22-27)34-24-32-31(23-28(34)25(6)13-2)35(8,9)29(15-4)30(16-5)36(32,10)11/h12,14-25H,3-5,13H2,1-2,6-11H3/b20-12-,33-26+. The van der Waals surface area contributed by atoms with Gasteiger partial charge in [0.25, 0.3) is 0 Å². The highest BCUT2D eigenvalue weighted by molar-refractivity contribution is 5.77. The van der Waals surface area contributed by atoms with Gasteiger partial charge in [-0.3, -0.25) is 0 Å². The highest BCUT2D eigenvalue weighted by Gasteiger charge is 2.42. The van der Waals surface area contributed by atoms with E-state index in [1.54, 1.807) is 0 Å². The minimum absolute atomic E-state index is 0.173. The first-order chi connectivity index (χ1) is 17.5. The molecular formula is C36H45N. The van der Waals surface area contributed by atoms with E-state index in [0.717, 1.165) is 23.4 Å². The molecule has 1 heteroatoms. The van der Waals surface area contributed by atoms with Crippen molar-refractivity contribution in [3.63, 3.8) is 0 Å². The molecule has 0 N–H and O–H groups in total. The van der Waals surface area contributed by atoms with Gasteiger partial charge in [-0.25, -0.2) is 0 Å². The lowest BCUT2D eigenvalue weighted by Crippen LogP contribution is -2.37. The van der Waals surface area contributed by atoms with Gasteiger partial charge in [0.15, 0.2) is 0 Å². The van der Waals surface area contributed by atoms with Crippen molar-refractivity contribution in [1.29, 1.82) is 0 Å². The average molecular weight is 492 g/mol. The third kappa shape index (κ3) is 4.85. The van der Waals surface area contributed by atoms with Crippen LogP contribution in [0.3, 0.4) is 0 Å². The molecule has 1 atom stereocenters. The fraction of sp³-hybridized carbons (Fsp3) is 0.333. The minimum Gasteiger partial charge on any atom is -0.310 e. The van der Waals surface area contributed by atoms with Gasteiger partial charge in [0.05, 0.1) is 0 Å². The molecule has 0 spiro atoms. The van der Waals surface area contributed by atoms with Gasteiger partial charge in [-0.05, 0) is 83.9 Å². The fourth-order valence-electron chi connectivity index (χ4n) is 5.77. The molecule has 37 heavy (non-hydrogen) atoms. The summed E-state index contributed by atoms with van der Waals surface area (Å²) in [4.78, 5) is 2.42. The average Bonchev–Trinajstić information content (AvgIpc) is 2.89. The molecule has 0 bridgehead atoms. The lowest BCUT2D eigenvalue weighted by molar-refractivity contribution is 0.522. The number of anilines is 2. The molecule has 2 aromatic rings. The smallest absolute Gasteiger partial charge is 0.0499 e. The number of allylic oxidation sites excluding steroid dienone is 8. The third-order valence-electron chi connectivity index (χ3n) is 8.23. The first-order valence-corrected chi connectivity index (χ1v) is 13.5. The Bertz CT molecular complexity index is 1280. The van der Waals surface area contributed by atoms with Crippen LogP contribution in [0.4, 0.5) is 11.4 Å². The molecule has 0 aliphatic heterocycles. The predicted molar refractivity (Wildman–Crippen MR) is 165 cm³/mol. The second-order valence-electron chi connectivity index (χ2n) is 11.2. The summed E-state index contributed by atoms with van der Waals surface area (Å²) < 4.78 is 0. The fourth-order valence-corrected chi connectivity index (χ4v) is 5.77. The summed E-state index contributed by atoms with van der Waals surface area (Å²) in [7, 11) is 0. The number of rotatable bonds is 9. The first-order valence-electron chi connectivity index (χ1n) is 13.5. The molecule has 1 aliphatic rings. The molecule has 0 radical (unpaired) electrons. The summed E-state index contributed by atoms with van der Waals surface area (Å²) in [5.41, 5.74) is 10.8. The molecule has 1 nitrogen and oxygen atoms in total. The quantitative estimate of drug-likeness (QED) is 0.315. The van der Waals surface area contributed by atoms with Gasteiger partial charge in [0, 0.05) is 27.9 Å². The van der Waals surface area contributed by atoms with E-state index >= 15 is 0 Å². The van der Waals surface area contributed by atoms with Crippen LogP contribution in [0.5, 0.6) is 0 Å². The van der Waals surface area contributed by atoms with E-state index in [4.69, 9.17) is 0 Å². The van der Waals surface area contributed by atoms with Crippen molar-refractivity contribution >= 4 is 11.4 Å². The van der Waals surface area contributed by atoms with Crippen molar-refractivity contribution in [3.05, 3.63) is 132 Å². The summed E-state index contributed by atoms with van der Waals surface area (Å²) in [6.45, 7) is 30.7. The Hall–Kier alpha value is -3.32. The lowest BCUT2D eigenvalue weighted by Gasteiger charge is -2.45. The van der Waals surface area contributed by atoms with Gasteiger partial charge in [-0.2, -0.15) is 0 Å². The van der Waals surface area contributed by atoms with E-state index in [1.165, 1.54) is 33.5 Å². The maximum Gasteiger partial charge on any atom is 0.0499 e. The minimum atomic E-state index is -0.209. The second kappa shape index (κ2) is 11.0. The second-order valence-corrected chi connectivity index (χ2v) is 11.2. The molecule has 1 unspecified atom stereocenters. The van der Waals surface area contributed by atoms with Crippen LogP contribution in [-0.4, -0.2) is 0 Å². The number of fused-ring (bicyclic) bond motifs is 1. The Labute approximate surface area is 226 Å². The van der Waals surface area contributed by atoms with Crippen molar-refractivity contribution in [2.24, 2.45) is 0 Å². The molecule has 0 saturated heterocycles. The van der Waals surface area contributed by atoms with Crippen molar-refractivity contribution < 1.29 is 0 Å². The van der Waals surface area contributed by atoms with Gasteiger partial charge in [0.2, 0.25) is 0 Å².